The minimum Gasteiger partial charge on any atom is -0.461 e. The zero-order valence-corrected chi connectivity index (χ0v) is 12.1. The van der Waals surface area contributed by atoms with Gasteiger partial charge in [-0.05, 0) is 34.6 Å². The van der Waals surface area contributed by atoms with Gasteiger partial charge in [0.15, 0.2) is 5.69 Å². The highest BCUT2D eigenvalue weighted by Gasteiger charge is 2.21. The third-order valence-electron chi connectivity index (χ3n) is 2.41. The van der Waals surface area contributed by atoms with Crippen LogP contribution in [0.15, 0.2) is 12.5 Å². The molecule has 1 heterocycles. The molecule has 0 aliphatic carbocycles. The van der Waals surface area contributed by atoms with E-state index in [1.165, 1.54) is 12.5 Å². The Morgan fingerprint density at radius 3 is 2.63 bits per heavy atom. The van der Waals surface area contributed by atoms with Crippen molar-refractivity contribution in [3.05, 3.63) is 18.2 Å². The molecule has 1 rings (SSSR count). The first-order chi connectivity index (χ1) is 8.74. The Labute approximate surface area is 113 Å². The molecule has 0 fully saturated rings. The van der Waals surface area contributed by atoms with Gasteiger partial charge in [-0.2, -0.15) is 0 Å². The summed E-state index contributed by atoms with van der Waals surface area (Å²) >= 11 is 0. The molecular weight excluding hydrogens is 246 g/mol. The lowest BCUT2D eigenvalue weighted by atomic mass is 10.1. The number of esters is 1. The van der Waals surface area contributed by atoms with Crippen molar-refractivity contribution in [1.82, 2.24) is 14.9 Å². The van der Waals surface area contributed by atoms with Crippen LogP contribution in [0.4, 0.5) is 0 Å². The number of hydrogen-bond donors (Lipinski definition) is 1. The standard InChI is InChI=1S/C13H21N3O3/c1-6-19-12(18)10-7-16(8-14-10)9(2)11(17)15-13(3,4)5/h7-9H,6H2,1-5H3,(H,15,17). The van der Waals surface area contributed by atoms with E-state index in [1.54, 1.807) is 18.4 Å². The number of amides is 1. The van der Waals surface area contributed by atoms with Crippen LogP contribution in [-0.2, 0) is 9.53 Å². The van der Waals surface area contributed by atoms with Gasteiger partial charge in [0.05, 0.1) is 12.9 Å². The van der Waals surface area contributed by atoms with Crippen LogP contribution in [-0.4, -0.2) is 33.6 Å². The lowest BCUT2D eigenvalue weighted by Crippen LogP contribution is -2.43. The van der Waals surface area contributed by atoms with Crippen molar-refractivity contribution in [2.75, 3.05) is 6.61 Å². The van der Waals surface area contributed by atoms with Gasteiger partial charge in [0, 0.05) is 11.7 Å². The average molecular weight is 267 g/mol. The van der Waals surface area contributed by atoms with Gasteiger partial charge in [-0.1, -0.05) is 0 Å². The number of carbonyl (C=O) groups excluding carboxylic acids is 2. The molecule has 1 aromatic heterocycles. The first-order valence-corrected chi connectivity index (χ1v) is 6.27. The van der Waals surface area contributed by atoms with Crippen LogP contribution in [0.2, 0.25) is 0 Å². The van der Waals surface area contributed by atoms with Gasteiger partial charge in [0.1, 0.15) is 6.04 Å². The average Bonchev–Trinajstić information content (AvgIpc) is 2.75. The summed E-state index contributed by atoms with van der Waals surface area (Å²) in [5, 5.41) is 2.88. The van der Waals surface area contributed by atoms with Crippen molar-refractivity contribution >= 4 is 11.9 Å². The molecule has 0 spiro atoms. The summed E-state index contributed by atoms with van der Waals surface area (Å²) in [6.07, 6.45) is 2.98. The normalized spacial score (nSPS) is 12.9. The van der Waals surface area contributed by atoms with Gasteiger partial charge in [0.25, 0.3) is 0 Å². The van der Waals surface area contributed by atoms with Gasteiger partial charge in [-0.15, -0.1) is 0 Å². The lowest BCUT2D eigenvalue weighted by Gasteiger charge is -2.23. The fourth-order valence-electron chi connectivity index (χ4n) is 1.47. The van der Waals surface area contributed by atoms with Crippen molar-refractivity contribution < 1.29 is 14.3 Å². The Morgan fingerprint density at radius 2 is 2.11 bits per heavy atom. The topological polar surface area (TPSA) is 73.2 Å². The van der Waals surface area contributed by atoms with Gasteiger partial charge in [0.2, 0.25) is 5.91 Å². The van der Waals surface area contributed by atoms with E-state index < -0.39 is 12.0 Å². The minimum absolute atomic E-state index is 0.125. The highest BCUT2D eigenvalue weighted by atomic mass is 16.5. The molecule has 106 valence electrons. The number of ether oxygens (including phenoxy) is 1. The molecule has 6 nitrogen and oxygen atoms in total. The Bertz CT molecular complexity index is 460. The van der Waals surface area contributed by atoms with Crippen LogP contribution >= 0.6 is 0 Å². The summed E-state index contributed by atoms with van der Waals surface area (Å²) in [7, 11) is 0. The van der Waals surface area contributed by atoms with E-state index >= 15 is 0 Å². The Hall–Kier alpha value is -1.85. The van der Waals surface area contributed by atoms with Crippen LogP contribution in [0.5, 0.6) is 0 Å². The minimum atomic E-state index is -0.482. The number of aromatic nitrogens is 2. The monoisotopic (exact) mass is 267 g/mol. The number of rotatable bonds is 4. The second kappa shape index (κ2) is 5.86. The first-order valence-electron chi connectivity index (χ1n) is 6.27. The van der Waals surface area contributed by atoms with Crippen molar-refractivity contribution in [3.63, 3.8) is 0 Å². The number of nitrogens with zero attached hydrogens (tertiary/aromatic N) is 2. The molecule has 0 aliphatic heterocycles. The van der Waals surface area contributed by atoms with Gasteiger partial charge < -0.3 is 14.6 Å². The molecule has 1 aromatic rings. The van der Waals surface area contributed by atoms with E-state index in [4.69, 9.17) is 4.74 Å². The maximum Gasteiger partial charge on any atom is 0.358 e. The third-order valence-corrected chi connectivity index (χ3v) is 2.41. The largest absolute Gasteiger partial charge is 0.461 e. The number of hydrogen-bond acceptors (Lipinski definition) is 4. The molecule has 0 bridgehead atoms. The molecule has 0 saturated heterocycles. The van der Waals surface area contributed by atoms with E-state index in [2.05, 4.69) is 10.3 Å². The van der Waals surface area contributed by atoms with Crippen LogP contribution in [0, 0.1) is 0 Å². The molecule has 0 aliphatic rings. The predicted molar refractivity (Wildman–Crippen MR) is 70.8 cm³/mol. The fourth-order valence-corrected chi connectivity index (χ4v) is 1.47. The second-order valence-corrected chi connectivity index (χ2v) is 5.34. The summed E-state index contributed by atoms with van der Waals surface area (Å²) in [5.41, 5.74) is -0.0899. The molecule has 1 unspecified atom stereocenters. The van der Waals surface area contributed by atoms with Gasteiger partial charge >= 0.3 is 5.97 Å². The lowest BCUT2D eigenvalue weighted by molar-refractivity contribution is -0.125. The molecule has 6 heteroatoms. The quantitative estimate of drug-likeness (QED) is 0.840. The highest BCUT2D eigenvalue weighted by molar-refractivity contribution is 5.87. The fraction of sp³-hybridized carbons (Fsp3) is 0.615. The molecule has 0 radical (unpaired) electrons. The van der Waals surface area contributed by atoms with Gasteiger partial charge in [-0.3, -0.25) is 4.79 Å². The maximum atomic E-state index is 12.0. The Morgan fingerprint density at radius 1 is 1.47 bits per heavy atom. The Kier molecular flexibility index (Phi) is 4.69. The highest BCUT2D eigenvalue weighted by Crippen LogP contribution is 2.10. The molecule has 1 amide bonds. The van der Waals surface area contributed by atoms with Gasteiger partial charge in [-0.25, -0.2) is 9.78 Å². The predicted octanol–water partition coefficient (Wildman–Crippen LogP) is 1.54. The molecule has 1 N–H and O–H groups in total. The first kappa shape index (κ1) is 15.2. The van der Waals surface area contributed by atoms with E-state index in [0.717, 1.165) is 0 Å². The smallest absolute Gasteiger partial charge is 0.358 e. The van der Waals surface area contributed by atoms with E-state index in [0.29, 0.717) is 6.61 Å². The van der Waals surface area contributed by atoms with Crippen LogP contribution in [0.25, 0.3) is 0 Å². The van der Waals surface area contributed by atoms with Crippen LogP contribution in [0.3, 0.4) is 0 Å². The Balaban J connectivity index is 2.76. The summed E-state index contributed by atoms with van der Waals surface area (Å²) in [6, 6.07) is -0.435. The number of carbonyl (C=O) groups is 2. The molecule has 19 heavy (non-hydrogen) atoms. The molecule has 1 atom stereocenters. The second-order valence-electron chi connectivity index (χ2n) is 5.34. The van der Waals surface area contributed by atoms with E-state index in [1.807, 2.05) is 20.8 Å². The summed E-state index contributed by atoms with van der Waals surface area (Å²) in [4.78, 5) is 27.4. The van der Waals surface area contributed by atoms with Crippen molar-refractivity contribution in [1.29, 1.82) is 0 Å². The van der Waals surface area contributed by atoms with E-state index in [-0.39, 0.29) is 17.1 Å². The van der Waals surface area contributed by atoms with Crippen LogP contribution < -0.4 is 5.32 Å². The molecular formula is C13H21N3O3. The van der Waals surface area contributed by atoms with Crippen molar-refractivity contribution in [2.24, 2.45) is 0 Å². The SMILES string of the molecule is CCOC(=O)c1cn(C(C)C(=O)NC(C)(C)C)cn1. The summed E-state index contributed by atoms with van der Waals surface area (Å²) in [5.74, 6) is -0.606. The molecule has 0 aromatic carbocycles. The van der Waals surface area contributed by atoms with E-state index in [9.17, 15) is 9.59 Å². The number of nitrogens with one attached hydrogen (secondary N) is 1. The molecule has 0 saturated carbocycles. The van der Waals surface area contributed by atoms with Crippen molar-refractivity contribution in [2.45, 2.75) is 46.2 Å². The summed E-state index contributed by atoms with van der Waals surface area (Å²) in [6.45, 7) is 9.51. The maximum absolute atomic E-state index is 12.0. The number of imidazole rings is 1. The van der Waals surface area contributed by atoms with Crippen LogP contribution in [0.1, 0.15) is 51.1 Å². The van der Waals surface area contributed by atoms with Crippen molar-refractivity contribution in [3.8, 4) is 0 Å². The summed E-state index contributed by atoms with van der Waals surface area (Å²) < 4.78 is 6.44. The zero-order valence-electron chi connectivity index (χ0n) is 12.1. The third kappa shape index (κ3) is 4.39. The zero-order chi connectivity index (χ0) is 14.6.